The Morgan fingerprint density at radius 2 is 2.00 bits per heavy atom. The molecule has 0 aromatic heterocycles. The van der Waals surface area contributed by atoms with Crippen molar-refractivity contribution >= 4 is 12.0 Å². The van der Waals surface area contributed by atoms with Crippen LogP contribution in [-0.2, 0) is 9.53 Å². The van der Waals surface area contributed by atoms with E-state index in [1.165, 1.54) is 0 Å². The monoisotopic (exact) mass is 262 g/mol. The number of ether oxygens (including phenoxy) is 1. The number of urea groups is 1. The Kier molecular flexibility index (Phi) is 9.99. The van der Waals surface area contributed by atoms with Crippen LogP contribution in [0.2, 0.25) is 0 Å². The summed E-state index contributed by atoms with van der Waals surface area (Å²) in [5, 5.41) is 22.3. The van der Waals surface area contributed by atoms with Crippen LogP contribution in [0.3, 0.4) is 0 Å². The van der Waals surface area contributed by atoms with Crippen LogP contribution in [0.1, 0.15) is 25.7 Å². The summed E-state index contributed by atoms with van der Waals surface area (Å²) >= 11 is 0. The third kappa shape index (κ3) is 8.77. The maximum absolute atomic E-state index is 11.3. The molecule has 1 atom stereocenters. The molecule has 0 saturated carbocycles. The molecule has 7 nitrogen and oxygen atoms in total. The van der Waals surface area contributed by atoms with Gasteiger partial charge in [-0.2, -0.15) is 0 Å². The highest BCUT2D eigenvalue weighted by atomic mass is 16.5. The van der Waals surface area contributed by atoms with Crippen LogP contribution in [0, 0.1) is 0 Å². The Morgan fingerprint density at radius 1 is 1.28 bits per heavy atom. The normalized spacial score (nSPS) is 11.9. The number of nitrogens with one attached hydrogen (secondary N) is 2. The van der Waals surface area contributed by atoms with Crippen LogP contribution >= 0.6 is 0 Å². The third-order valence-corrected chi connectivity index (χ3v) is 2.33. The molecule has 0 fully saturated rings. The largest absolute Gasteiger partial charge is 0.480 e. The SMILES string of the molecule is COCCCCCNC(=O)N[C@H](CCO)C(=O)O. The number of aliphatic hydroxyl groups is 1. The fraction of sp³-hybridized carbons (Fsp3) is 0.818. The van der Waals surface area contributed by atoms with Gasteiger partial charge in [0.25, 0.3) is 0 Å². The molecule has 0 unspecified atom stereocenters. The molecule has 0 aliphatic rings. The Labute approximate surface area is 107 Å². The zero-order valence-electron chi connectivity index (χ0n) is 10.6. The second kappa shape index (κ2) is 10.8. The molecule has 0 heterocycles. The van der Waals surface area contributed by atoms with Crippen LogP contribution in [0.5, 0.6) is 0 Å². The Hall–Kier alpha value is -1.34. The molecule has 0 rings (SSSR count). The van der Waals surface area contributed by atoms with Gasteiger partial charge in [0.1, 0.15) is 6.04 Å². The molecule has 18 heavy (non-hydrogen) atoms. The summed E-state index contributed by atoms with van der Waals surface area (Å²) in [4.78, 5) is 22.0. The van der Waals surface area contributed by atoms with E-state index in [0.29, 0.717) is 13.2 Å². The maximum Gasteiger partial charge on any atom is 0.326 e. The molecule has 0 bridgehead atoms. The lowest BCUT2D eigenvalue weighted by molar-refractivity contribution is -0.139. The second-order valence-electron chi connectivity index (χ2n) is 3.86. The van der Waals surface area contributed by atoms with Crippen LogP contribution in [-0.4, -0.2) is 55.1 Å². The number of amides is 2. The lowest BCUT2D eigenvalue weighted by Gasteiger charge is -2.13. The topological polar surface area (TPSA) is 108 Å². The van der Waals surface area contributed by atoms with Crippen molar-refractivity contribution < 1.29 is 24.5 Å². The van der Waals surface area contributed by atoms with E-state index < -0.39 is 18.0 Å². The van der Waals surface area contributed by atoms with E-state index in [-0.39, 0.29) is 13.0 Å². The number of carbonyl (C=O) groups excluding carboxylic acids is 1. The molecule has 0 radical (unpaired) electrons. The first-order valence-corrected chi connectivity index (χ1v) is 5.98. The van der Waals surface area contributed by atoms with Gasteiger partial charge in [-0.25, -0.2) is 9.59 Å². The van der Waals surface area contributed by atoms with Gasteiger partial charge in [0, 0.05) is 33.3 Å². The second-order valence-corrected chi connectivity index (χ2v) is 3.86. The van der Waals surface area contributed by atoms with Crippen LogP contribution < -0.4 is 10.6 Å². The summed E-state index contributed by atoms with van der Waals surface area (Å²) in [6.07, 6.45) is 2.68. The molecule has 0 spiro atoms. The number of carboxylic acids is 1. The van der Waals surface area contributed by atoms with Gasteiger partial charge in [-0.1, -0.05) is 0 Å². The Morgan fingerprint density at radius 3 is 2.56 bits per heavy atom. The van der Waals surface area contributed by atoms with Gasteiger partial charge in [0.05, 0.1) is 0 Å². The smallest absolute Gasteiger partial charge is 0.326 e. The number of unbranched alkanes of at least 4 members (excludes halogenated alkanes) is 2. The Balaban J connectivity index is 3.65. The predicted octanol–water partition coefficient (Wildman–Crippen LogP) is -0.0621. The minimum Gasteiger partial charge on any atom is -0.480 e. The summed E-state index contributed by atoms with van der Waals surface area (Å²) in [5.41, 5.74) is 0. The van der Waals surface area contributed by atoms with E-state index in [1.807, 2.05) is 0 Å². The first kappa shape index (κ1) is 16.7. The van der Waals surface area contributed by atoms with Crippen molar-refractivity contribution in [3.05, 3.63) is 0 Å². The molecule has 0 aliphatic heterocycles. The van der Waals surface area contributed by atoms with Gasteiger partial charge < -0.3 is 25.6 Å². The van der Waals surface area contributed by atoms with Crippen molar-refractivity contribution in [1.82, 2.24) is 10.6 Å². The minimum atomic E-state index is -1.15. The number of carbonyl (C=O) groups is 2. The summed E-state index contributed by atoms with van der Waals surface area (Å²) < 4.78 is 4.89. The van der Waals surface area contributed by atoms with E-state index in [4.69, 9.17) is 14.9 Å². The van der Waals surface area contributed by atoms with Crippen molar-refractivity contribution in [2.75, 3.05) is 26.9 Å². The van der Waals surface area contributed by atoms with E-state index in [2.05, 4.69) is 10.6 Å². The lowest BCUT2D eigenvalue weighted by atomic mass is 10.2. The highest BCUT2D eigenvalue weighted by Gasteiger charge is 2.18. The number of hydrogen-bond donors (Lipinski definition) is 4. The third-order valence-electron chi connectivity index (χ3n) is 2.33. The fourth-order valence-electron chi connectivity index (χ4n) is 1.35. The number of carboxylic acid groups (broad SMARTS) is 1. The van der Waals surface area contributed by atoms with Crippen LogP contribution in [0.15, 0.2) is 0 Å². The lowest BCUT2D eigenvalue weighted by Crippen LogP contribution is -2.46. The number of hydrogen-bond acceptors (Lipinski definition) is 4. The standard InChI is InChI=1S/C11H22N2O5/c1-18-8-4-2-3-6-12-11(17)13-9(5-7-14)10(15)16/h9,14H,2-8H2,1H3,(H,15,16)(H2,12,13,17)/t9-/m1/s1. The Bertz CT molecular complexity index is 248. The fourth-order valence-corrected chi connectivity index (χ4v) is 1.35. The average Bonchev–Trinajstić information content (AvgIpc) is 2.33. The molecule has 0 aliphatic carbocycles. The molecular formula is C11H22N2O5. The molecule has 2 amide bonds. The zero-order valence-corrected chi connectivity index (χ0v) is 10.6. The first-order valence-electron chi connectivity index (χ1n) is 5.98. The van der Waals surface area contributed by atoms with Crippen molar-refractivity contribution in [1.29, 1.82) is 0 Å². The van der Waals surface area contributed by atoms with Gasteiger partial charge in [-0.05, 0) is 19.3 Å². The van der Waals surface area contributed by atoms with Gasteiger partial charge in [0.15, 0.2) is 0 Å². The van der Waals surface area contributed by atoms with E-state index in [9.17, 15) is 9.59 Å². The van der Waals surface area contributed by atoms with Crippen molar-refractivity contribution in [2.45, 2.75) is 31.7 Å². The molecule has 7 heteroatoms. The predicted molar refractivity (Wildman–Crippen MR) is 65.4 cm³/mol. The number of aliphatic hydroxyl groups excluding tert-OH is 1. The molecule has 0 saturated heterocycles. The molecular weight excluding hydrogens is 240 g/mol. The average molecular weight is 262 g/mol. The van der Waals surface area contributed by atoms with Gasteiger partial charge in [0.2, 0.25) is 0 Å². The summed E-state index contributed by atoms with van der Waals surface area (Å²) in [7, 11) is 1.64. The number of aliphatic carboxylic acids is 1. The van der Waals surface area contributed by atoms with E-state index >= 15 is 0 Å². The minimum absolute atomic E-state index is 0.00338. The number of methoxy groups -OCH3 is 1. The van der Waals surface area contributed by atoms with Crippen molar-refractivity contribution in [3.63, 3.8) is 0 Å². The van der Waals surface area contributed by atoms with Gasteiger partial charge >= 0.3 is 12.0 Å². The molecule has 4 N–H and O–H groups in total. The first-order chi connectivity index (χ1) is 8.61. The highest BCUT2D eigenvalue weighted by Crippen LogP contribution is 1.94. The van der Waals surface area contributed by atoms with E-state index in [0.717, 1.165) is 19.3 Å². The number of rotatable bonds is 10. The summed E-state index contributed by atoms with van der Waals surface area (Å²) in [5.74, 6) is -1.15. The van der Waals surface area contributed by atoms with Crippen LogP contribution in [0.25, 0.3) is 0 Å². The quantitative estimate of drug-likeness (QED) is 0.412. The maximum atomic E-state index is 11.3. The molecule has 0 aromatic rings. The van der Waals surface area contributed by atoms with Gasteiger partial charge in [-0.15, -0.1) is 0 Å². The van der Waals surface area contributed by atoms with E-state index in [1.54, 1.807) is 7.11 Å². The zero-order chi connectivity index (χ0) is 13.8. The summed E-state index contributed by atoms with van der Waals surface area (Å²) in [6.45, 7) is 0.902. The highest BCUT2D eigenvalue weighted by molar-refractivity contribution is 5.82. The molecule has 0 aromatic carbocycles. The van der Waals surface area contributed by atoms with Crippen LogP contribution in [0.4, 0.5) is 4.79 Å². The summed E-state index contributed by atoms with van der Waals surface area (Å²) in [6, 6.07) is -1.58. The van der Waals surface area contributed by atoms with Crippen molar-refractivity contribution in [2.24, 2.45) is 0 Å². The van der Waals surface area contributed by atoms with Gasteiger partial charge in [-0.3, -0.25) is 0 Å². The molecule has 106 valence electrons. The van der Waals surface area contributed by atoms with Crippen molar-refractivity contribution in [3.8, 4) is 0 Å².